The maximum absolute atomic E-state index is 12.9. The highest BCUT2D eigenvalue weighted by Crippen LogP contribution is 2.44. The van der Waals surface area contributed by atoms with Crippen molar-refractivity contribution in [2.45, 2.75) is 26.8 Å². The largest absolute Gasteiger partial charge is 0.507 e. The molecule has 0 bridgehead atoms. The fourth-order valence-electron chi connectivity index (χ4n) is 3.21. The first-order valence-corrected chi connectivity index (χ1v) is 9.57. The third-order valence-electron chi connectivity index (χ3n) is 4.75. The van der Waals surface area contributed by atoms with E-state index in [-0.39, 0.29) is 11.3 Å². The van der Waals surface area contributed by atoms with E-state index < -0.39 is 17.7 Å². The molecule has 2 aromatic heterocycles. The summed E-state index contributed by atoms with van der Waals surface area (Å²) in [5, 5.41) is 11.3. The Bertz CT molecular complexity index is 1090. The zero-order valence-electron chi connectivity index (χ0n) is 15.6. The Hall–Kier alpha value is -3.19. The summed E-state index contributed by atoms with van der Waals surface area (Å²) in [6.45, 7) is 5.54. The van der Waals surface area contributed by atoms with Crippen LogP contribution < -0.4 is 4.90 Å². The molecule has 0 saturated carbocycles. The van der Waals surface area contributed by atoms with Gasteiger partial charge < -0.3 is 9.52 Å². The van der Waals surface area contributed by atoms with Gasteiger partial charge in [-0.3, -0.25) is 14.5 Å². The second-order valence-corrected chi connectivity index (χ2v) is 7.80. The second-order valence-electron chi connectivity index (χ2n) is 6.62. The normalized spacial score (nSPS) is 18.8. The topological polar surface area (TPSA) is 83.6 Å². The number of ketones is 1. The van der Waals surface area contributed by atoms with Crippen molar-refractivity contribution in [1.29, 1.82) is 0 Å². The van der Waals surface area contributed by atoms with E-state index in [4.69, 9.17) is 4.42 Å². The third-order valence-corrected chi connectivity index (χ3v) is 5.82. The van der Waals surface area contributed by atoms with Gasteiger partial charge in [-0.2, -0.15) is 0 Å². The molecule has 1 N–H and O–H groups in total. The number of thiazole rings is 1. The van der Waals surface area contributed by atoms with Crippen LogP contribution in [0.25, 0.3) is 5.76 Å². The summed E-state index contributed by atoms with van der Waals surface area (Å²) in [5.41, 5.74) is 1.25. The van der Waals surface area contributed by atoms with Gasteiger partial charge in [0.25, 0.3) is 5.78 Å². The van der Waals surface area contributed by atoms with Crippen LogP contribution >= 0.6 is 11.3 Å². The van der Waals surface area contributed by atoms with Crippen molar-refractivity contribution in [3.8, 4) is 0 Å². The molecule has 142 valence electrons. The van der Waals surface area contributed by atoms with Crippen LogP contribution in [0.4, 0.5) is 5.13 Å². The fourth-order valence-corrected chi connectivity index (χ4v) is 4.15. The Morgan fingerprint density at radius 2 is 1.82 bits per heavy atom. The van der Waals surface area contributed by atoms with E-state index in [0.717, 1.165) is 10.6 Å². The van der Waals surface area contributed by atoms with E-state index in [1.807, 2.05) is 19.9 Å². The number of rotatable bonds is 3. The maximum atomic E-state index is 12.9. The van der Waals surface area contributed by atoms with Gasteiger partial charge in [0.1, 0.15) is 23.3 Å². The molecule has 28 heavy (non-hydrogen) atoms. The minimum absolute atomic E-state index is 0.00365. The molecule has 6 nitrogen and oxygen atoms in total. The Balaban J connectivity index is 1.95. The number of carbonyl (C=O) groups is 2. The highest BCUT2D eigenvalue weighted by atomic mass is 32.1. The average molecular weight is 394 g/mol. The van der Waals surface area contributed by atoms with Crippen LogP contribution in [0.3, 0.4) is 0 Å². The highest BCUT2D eigenvalue weighted by molar-refractivity contribution is 7.16. The number of hydrogen-bond donors (Lipinski definition) is 1. The summed E-state index contributed by atoms with van der Waals surface area (Å²) < 4.78 is 5.75. The minimum Gasteiger partial charge on any atom is -0.507 e. The first-order valence-electron chi connectivity index (χ1n) is 8.75. The van der Waals surface area contributed by atoms with Crippen molar-refractivity contribution in [2.75, 3.05) is 4.90 Å². The van der Waals surface area contributed by atoms with E-state index in [9.17, 15) is 14.7 Å². The van der Waals surface area contributed by atoms with E-state index in [0.29, 0.717) is 22.2 Å². The van der Waals surface area contributed by atoms with Crippen molar-refractivity contribution in [2.24, 2.45) is 0 Å². The molecule has 0 unspecified atom stereocenters. The monoisotopic (exact) mass is 394 g/mol. The lowest BCUT2D eigenvalue weighted by molar-refractivity contribution is -0.132. The predicted octanol–water partition coefficient (Wildman–Crippen LogP) is 4.29. The van der Waals surface area contributed by atoms with Gasteiger partial charge in [-0.25, -0.2) is 4.98 Å². The third kappa shape index (κ3) is 2.84. The van der Waals surface area contributed by atoms with Gasteiger partial charge in [-0.05, 0) is 32.9 Å². The molecule has 1 amide bonds. The zero-order chi connectivity index (χ0) is 20.0. The molecule has 0 aliphatic carbocycles. The molecular formula is C21H18N2O4S. The second kappa shape index (κ2) is 6.76. The molecule has 1 aliphatic rings. The molecule has 1 atom stereocenters. The van der Waals surface area contributed by atoms with Crippen molar-refractivity contribution in [3.05, 3.63) is 75.7 Å². The number of hydrogen-bond acceptors (Lipinski definition) is 6. The van der Waals surface area contributed by atoms with Gasteiger partial charge in [0, 0.05) is 10.4 Å². The molecule has 1 aliphatic heterocycles. The molecule has 1 saturated heterocycles. The number of aromatic nitrogens is 1. The highest BCUT2D eigenvalue weighted by Gasteiger charge is 2.49. The predicted molar refractivity (Wildman–Crippen MR) is 106 cm³/mol. The molecule has 3 heterocycles. The van der Waals surface area contributed by atoms with E-state index in [2.05, 4.69) is 4.98 Å². The SMILES string of the molecule is Cc1ccc([C@H]2/C(=C(\O)c3ccccc3)C(=O)C(=O)N2c2nc(C)c(C)s2)o1. The van der Waals surface area contributed by atoms with Crippen LogP contribution in [0.15, 0.2) is 52.5 Å². The summed E-state index contributed by atoms with van der Waals surface area (Å²) in [5.74, 6) is -0.673. The summed E-state index contributed by atoms with van der Waals surface area (Å²) in [6, 6.07) is 11.3. The van der Waals surface area contributed by atoms with E-state index in [1.165, 1.54) is 16.2 Å². The zero-order valence-corrected chi connectivity index (χ0v) is 16.4. The molecule has 0 spiro atoms. The first-order chi connectivity index (χ1) is 13.4. The minimum atomic E-state index is -0.876. The number of furan rings is 1. The number of aliphatic hydroxyl groups excluding tert-OH is 1. The summed E-state index contributed by atoms with van der Waals surface area (Å²) in [4.78, 5) is 32.6. The van der Waals surface area contributed by atoms with Crippen LogP contribution in [-0.2, 0) is 9.59 Å². The Kier molecular flexibility index (Phi) is 4.39. The van der Waals surface area contributed by atoms with Gasteiger partial charge >= 0.3 is 5.91 Å². The lowest BCUT2D eigenvalue weighted by Crippen LogP contribution is -2.29. The number of amides is 1. The van der Waals surface area contributed by atoms with Gasteiger partial charge in [0.2, 0.25) is 0 Å². The molecule has 0 radical (unpaired) electrons. The van der Waals surface area contributed by atoms with Gasteiger partial charge in [0.05, 0.1) is 11.3 Å². The number of Topliss-reactive ketones (excluding diaryl/α,β-unsaturated/α-hetero) is 1. The quantitative estimate of drug-likeness (QED) is 0.407. The molecule has 3 aromatic rings. The van der Waals surface area contributed by atoms with Crippen molar-refractivity contribution < 1.29 is 19.1 Å². The average Bonchev–Trinajstić information content (AvgIpc) is 3.33. The fraction of sp³-hybridized carbons (Fsp3) is 0.190. The van der Waals surface area contributed by atoms with Gasteiger partial charge in [-0.1, -0.05) is 30.3 Å². The summed E-state index contributed by atoms with van der Waals surface area (Å²) in [6.07, 6.45) is 0. The van der Waals surface area contributed by atoms with Crippen LogP contribution in [0.1, 0.15) is 33.7 Å². The van der Waals surface area contributed by atoms with Crippen LogP contribution in [-0.4, -0.2) is 21.8 Å². The molecule has 1 fully saturated rings. The molecule has 7 heteroatoms. The number of aryl methyl sites for hydroxylation is 3. The lowest BCUT2D eigenvalue weighted by atomic mass is 9.99. The van der Waals surface area contributed by atoms with Crippen LogP contribution in [0, 0.1) is 20.8 Å². The number of carbonyl (C=O) groups excluding carboxylic acids is 2. The maximum Gasteiger partial charge on any atom is 0.302 e. The molecule has 1 aromatic carbocycles. The summed E-state index contributed by atoms with van der Waals surface area (Å²) in [7, 11) is 0. The van der Waals surface area contributed by atoms with Gasteiger partial charge in [0.15, 0.2) is 5.13 Å². The Labute approximate surface area is 165 Å². The number of nitrogens with zero attached hydrogens (tertiary/aromatic N) is 2. The lowest BCUT2D eigenvalue weighted by Gasteiger charge is -2.20. The Morgan fingerprint density at radius 1 is 1.11 bits per heavy atom. The van der Waals surface area contributed by atoms with E-state index >= 15 is 0 Å². The van der Waals surface area contributed by atoms with Crippen molar-refractivity contribution >= 4 is 33.9 Å². The molecule has 4 rings (SSSR count). The Morgan fingerprint density at radius 3 is 2.39 bits per heavy atom. The summed E-state index contributed by atoms with van der Waals surface area (Å²) >= 11 is 1.33. The number of benzene rings is 1. The van der Waals surface area contributed by atoms with Crippen LogP contribution in [0.5, 0.6) is 0 Å². The first kappa shape index (κ1) is 18.2. The van der Waals surface area contributed by atoms with Crippen LogP contribution in [0.2, 0.25) is 0 Å². The van der Waals surface area contributed by atoms with Crippen molar-refractivity contribution in [1.82, 2.24) is 4.98 Å². The van der Waals surface area contributed by atoms with Crippen molar-refractivity contribution in [3.63, 3.8) is 0 Å². The smallest absolute Gasteiger partial charge is 0.302 e. The standard InChI is InChI=1S/C21H18N2O4S/c1-11-9-10-15(27-11)17-16(18(24)14-7-5-4-6-8-14)19(25)20(26)23(17)21-22-12(2)13(3)28-21/h4-10,17,24H,1-3H3/b18-16+/t17-/m0/s1. The van der Waals surface area contributed by atoms with Gasteiger partial charge in [-0.15, -0.1) is 11.3 Å². The molecular weight excluding hydrogens is 376 g/mol. The van der Waals surface area contributed by atoms with E-state index in [1.54, 1.807) is 43.3 Å². The number of aliphatic hydroxyl groups is 1. The number of anilines is 1.